The van der Waals surface area contributed by atoms with Gasteiger partial charge in [0.2, 0.25) is 5.91 Å². The Bertz CT molecular complexity index is 847. The number of rotatable bonds is 7. The molecule has 9 heteroatoms. The molecule has 0 radical (unpaired) electrons. The summed E-state index contributed by atoms with van der Waals surface area (Å²) in [4.78, 5) is 14.4. The number of carbonyl (C=O) groups excluding carboxylic acids is 1. The third-order valence-electron chi connectivity index (χ3n) is 4.69. The van der Waals surface area contributed by atoms with E-state index in [0.29, 0.717) is 36.2 Å². The Morgan fingerprint density at radius 2 is 2.00 bits per heavy atom. The highest BCUT2D eigenvalue weighted by molar-refractivity contribution is 6.32. The van der Waals surface area contributed by atoms with Gasteiger partial charge in [0.05, 0.1) is 43.3 Å². The molecule has 3 rings (SSSR count). The summed E-state index contributed by atoms with van der Waals surface area (Å²) in [5, 5.41) is 8.05. The normalized spacial score (nSPS) is 19.1. The summed E-state index contributed by atoms with van der Waals surface area (Å²) in [6.07, 6.45) is 3.60. The van der Waals surface area contributed by atoms with Crippen molar-refractivity contribution in [3.8, 4) is 11.5 Å². The Balaban J connectivity index is 1.58. The first-order valence-electron chi connectivity index (χ1n) is 9.49. The standard InChI is InChI=1S/C20H27ClN4O4/c1-13-9-24(10-14(2)29-13)19(26)12-25-11-16(8-23-25)22-7-15-5-17(21)20(28-4)18(6-15)27-3/h5-6,8,11,13-14,22H,7,9-10,12H2,1-4H3. The molecule has 0 bridgehead atoms. The van der Waals surface area contributed by atoms with Crippen molar-refractivity contribution in [3.05, 3.63) is 35.1 Å². The van der Waals surface area contributed by atoms with Crippen LogP contribution in [0, 0.1) is 0 Å². The smallest absolute Gasteiger partial charge is 0.244 e. The zero-order valence-electron chi connectivity index (χ0n) is 17.1. The molecule has 0 aliphatic carbocycles. The summed E-state index contributed by atoms with van der Waals surface area (Å²) in [7, 11) is 3.12. The van der Waals surface area contributed by atoms with Gasteiger partial charge in [-0.25, -0.2) is 0 Å². The predicted molar refractivity (Wildman–Crippen MR) is 111 cm³/mol. The highest BCUT2D eigenvalue weighted by Crippen LogP contribution is 2.36. The Labute approximate surface area is 175 Å². The summed E-state index contributed by atoms with van der Waals surface area (Å²) in [6.45, 7) is 5.89. The SMILES string of the molecule is COc1cc(CNc2cnn(CC(=O)N3CC(C)OC(C)C3)c2)cc(Cl)c1OC. The number of nitrogens with zero attached hydrogens (tertiary/aromatic N) is 3. The fraction of sp³-hybridized carbons (Fsp3) is 0.500. The quantitative estimate of drug-likeness (QED) is 0.739. The summed E-state index contributed by atoms with van der Waals surface area (Å²) < 4.78 is 17.9. The molecule has 1 fully saturated rings. The average molecular weight is 423 g/mol. The van der Waals surface area contributed by atoms with Crippen molar-refractivity contribution in [3.63, 3.8) is 0 Å². The third-order valence-corrected chi connectivity index (χ3v) is 4.97. The van der Waals surface area contributed by atoms with Crippen LogP contribution in [0.2, 0.25) is 5.02 Å². The van der Waals surface area contributed by atoms with Crippen LogP contribution in [0.4, 0.5) is 5.69 Å². The second-order valence-electron chi connectivity index (χ2n) is 7.15. The number of benzene rings is 1. The molecule has 0 saturated carbocycles. The van der Waals surface area contributed by atoms with E-state index >= 15 is 0 Å². The number of morpholine rings is 1. The van der Waals surface area contributed by atoms with Gasteiger partial charge < -0.3 is 24.4 Å². The van der Waals surface area contributed by atoms with E-state index in [1.807, 2.05) is 37.1 Å². The van der Waals surface area contributed by atoms with E-state index in [1.54, 1.807) is 25.1 Å². The van der Waals surface area contributed by atoms with Crippen molar-refractivity contribution in [2.75, 3.05) is 32.6 Å². The van der Waals surface area contributed by atoms with Crippen LogP contribution in [0.1, 0.15) is 19.4 Å². The monoisotopic (exact) mass is 422 g/mol. The maximum absolute atomic E-state index is 12.6. The maximum Gasteiger partial charge on any atom is 0.244 e. The molecule has 1 aromatic carbocycles. The van der Waals surface area contributed by atoms with Crippen LogP contribution in [0.5, 0.6) is 11.5 Å². The zero-order valence-corrected chi connectivity index (χ0v) is 17.9. The molecule has 1 aliphatic heterocycles. The molecule has 8 nitrogen and oxygen atoms in total. The molecular weight excluding hydrogens is 396 g/mol. The number of anilines is 1. The lowest BCUT2D eigenvalue weighted by molar-refractivity contribution is -0.144. The molecule has 1 aromatic heterocycles. The van der Waals surface area contributed by atoms with Gasteiger partial charge in [0, 0.05) is 25.8 Å². The average Bonchev–Trinajstić information content (AvgIpc) is 3.12. The minimum atomic E-state index is 0.0355. The highest BCUT2D eigenvalue weighted by Gasteiger charge is 2.26. The first-order valence-corrected chi connectivity index (χ1v) is 9.87. The summed E-state index contributed by atoms with van der Waals surface area (Å²) in [6, 6.07) is 3.69. The number of halogens is 1. The molecule has 2 aromatic rings. The lowest BCUT2D eigenvalue weighted by Crippen LogP contribution is -2.49. The van der Waals surface area contributed by atoms with Crippen LogP contribution in [0.3, 0.4) is 0 Å². The van der Waals surface area contributed by atoms with Gasteiger partial charge in [0.25, 0.3) is 0 Å². The number of carbonyl (C=O) groups is 1. The van der Waals surface area contributed by atoms with Gasteiger partial charge >= 0.3 is 0 Å². The molecule has 2 unspecified atom stereocenters. The summed E-state index contributed by atoms with van der Waals surface area (Å²) in [5.74, 6) is 1.12. The van der Waals surface area contributed by atoms with E-state index in [9.17, 15) is 4.79 Å². The van der Waals surface area contributed by atoms with Crippen LogP contribution in [-0.4, -0.2) is 60.1 Å². The molecule has 1 saturated heterocycles. The molecule has 29 heavy (non-hydrogen) atoms. The fourth-order valence-corrected chi connectivity index (χ4v) is 3.75. The minimum absolute atomic E-state index is 0.0355. The van der Waals surface area contributed by atoms with Crippen LogP contribution < -0.4 is 14.8 Å². The second-order valence-corrected chi connectivity index (χ2v) is 7.56. The predicted octanol–water partition coefficient (Wildman–Crippen LogP) is 2.80. The number of hydrogen-bond acceptors (Lipinski definition) is 6. The fourth-order valence-electron chi connectivity index (χ4n) is 3.44. The van der Waals surface area contributed by atoms with Gasteiger partial charge in [-0.15, -0.1) is 0 Å². The minimum Gasteiger partial charge on any atom is -0.493 e. The molecule has 2 heterocycles. The van der Waals surface area contributed by atoms with Gasteiger partial charge in [-0.05, 0) is 31.5 Å². The number of aromatic nitrogens is 2. The van der Waals surface area contributed by atoms with E-state index in [2.05, 4.69) is 10.4 Å². The Hall–Kier alpha value is -2.45. The summed E-state index contributed by atoms with van der Waals surface area (Å²) >= 11 is 6.25. The van der Waals surface area contributed by atoms with Gasteiger partial charge in [-0.2, -0.15) is 5.10 Å². The summed E-state index contributed by atoms with van der Waals surface area (Å²) in [5.41, 5.74) is 1.75. The van der Waals surface area contributed by atoms with E-state index in [4.69, 9.17) is 25.8 Å². The van der Waals surface area contributed by atoms with Crippen molar-refractivity contribution in [2.24, 2.45) is 0 Å². The largest absolute Gasteiger partial charge is 0.493 e. The van der Waals surface area contributed by atoms with Gasteiger partial charge in [0.1, 0.15) is 6.54 Å². The number of nitrogens with one attached hydrogen (secondary N) is 1. The molecule has 1 N–H and O–H groups in total. The Morgan fingerprint density at radius 3 is 2.66 bits per heavy atom. The molecule has 1 aliphatic rings. The maximum atomic E-state index is 12.6. The molecule has 1 amide bonds. The van der Waals surface area contributed by atoms with Crippen LogP contribution in [0.25, 0.3) is 0 Å². The van der Waals surface area contributed by atoms with Crippen molar-refractivity contribution < 1.29 is 19.0 Å². The van der Waals surface area contributed by atoms with Crippen LogP contribution in [-0.2, 0) is 22.6 Å². The Morgan fingerprint density at radius 1 is 1.28 bits per heavy atom. The number of amides is 1. The van der Waals surface area contributed by atoms with Crippen LogP contribution >= 0.6 is 11.6 Å². The lowest BCUT2D eigenvalue weighted by atomic mass is 10.2. The molecule has 158 valence electrons. The van der Waals surface area contributed by atoms with E-state index in [0.717, 1.165) is 11.3 Å². The lowest BCUT2D eigenvalue weighted by Gasteiger charge is -2.35. The molecule has 0 spiro atoms. The second kappa shape index (κ2) is 9.37. The zero-order chi connectivity index (χ0) is 21.0. The number of methoxy groups -OCH3 is 2. The van der Waals surface area contributed by atoms with E-state index in [1.165, 1.54) is 0 Å². The van der Waals surface area contributed by atoms with E-state index in [-0.39, 0.29) is 24.7 Å². The van der Waals surface area contributed by atoms with Crippen molar-refractivity contribution in [1.82, 2.24) is 14.7 Å². The topological polar surface area (TPSA) is 77.9 Å². The van der Waals surface area contributed by atoms with Crippen molar-refractivity contribution in [1.29, 1.82) is 0 Å². The molecule has 2 atom stereocenters. The highest BCUT2D eigenvalue weighted by atomic mass is 35.5. The van der Waals surface area contributed by atoms with Crippen molar-refractivity contribution in [2.45, 2.75) is 39.1 Å². The number of ether oxygens (including phenoxy) is 3. The first-order chi connectivity index (χ1) is 13.9. The molecular formula is C20H27ClN4O4. The van der Waals surface area contributed by atoms with Gasteiger partial charge in [0.15, 0.2) is 11.5 Å². The van der Waals surface area contributed by atoms with Gasteiger partial charge in [-0.3, -0.25) is 9.48 Å². The third kappa shape index (κ3) is 5.33. The van der Waals surface area contributed by atoms with E-state index < -0.39 is 0 Å². The number of hydrogen-bond donors (Lipinski definition) is 1. The Kier molecular flexibility index (Phi) is 6.87. The van der Waals surface area contributed by atoms with Crippen molar-refractivity contribution >= 4 is 23.2 Å². The van der Waals surface area contributed by atoms with Gasteiger partial charge in [-0.1, -0.05) is 11.6 Å². The first kappa shape index (κ1) is 21.3. The van der Waals surface area contributed by atoms with Crippen LogP contribution in [0.15, 0.2) is 24.5 Å².